The van der Waals surface area contributed by atoms with Crippen molar-refractivity contribution in [1.82, 2.24) is 15.0 Å². The molecule has 0 unspecified atom stereocenters. The van der Waals surface area contributed by atoms with Crippen LogP contribution < -0.4 is 5.62 Å². The van der Waals surface area contributed by atoms with E-state index in [0.717, 1.165) is 21.9 Å². The molecular weight excluding hydrogens is 188 g/mol. The molecule has 0 spiro atoms. The number of aromatic amines is 1. The van der Waals surface area contributed by atoms with E-state index >= 15 is 0 Å². The highest BCUT2D eigenvalue weighted by atomic mass is 15.0. The molecule has 0 amide bonds. The quantitative estimate of drug-likeness (QED) is 0.573. The van der Waals surface area contributed by atoms with E-state index in [1.165, 1.54) is 0 Å². The first-order chi connectivity index (χ1) is 7.34. The molecule has 0 saturated carbocycles. The molecule has 0 bridgehead atoms. The van der Waals surface area contributed by atoms with Gasteiger partial charge in [0, 0.05) is 22.5 Å². The van der Waals surface area contributed by atoms with Gasteiger partial charge in [-0.15, -0.1) is 0 Å². The minimum absolute atomic E-state index is 0.0402. The maximum atomic E-state index is 7.35. The van der Waals surface area contributed by atoms with Crippen molar-refractivity contribution >= 4 is 21.9 Å². The van der Waals surface area contributed by atoms with E-state index < -0.39 is 0 Å². The van der Waals surface area contributed by atoms with Crippen molar-refractivity contribution < 1.29 is 0 Å². The van der Waals surface area contributed by atoms with E-state index in [4.69, 9.17) is 5.41 Å². The number of aromatic nitrogens is 3. The summed E-state index contributed by atoms with van der Waals surface area (Å²) in [4.78, 5) is 11.1. The molecule has 0 atom stereocenters. The zero-order chi connectivity index (χ0) is 10.3. The summed E-state index contributed by atoms with van der Waals surface area (Å²) in [6.07, 6.45) is 1.68. The Bertz CT molecular complexity index is 699. The smallest absolute Gasteiger partial charge is 0.243 e. The molecule has 0 aliphatic rings. The van der Waals surface area contributed by atoms with Gasteiger partial charge in [-0.1, -0.05) is 24.3 Å². The number of hydrogen-bond acceptors (Lipinski definition) is 3. The van der Waals surface area contributed by atoms with Gasteiger partial charge in [0.25, 0.3) is 0 Å². The minimum Gasteiger partial charge on any atom is -0.339 e. The summed E-state index contributed by atoms with van der Waals surface area (Å²) in [5.74, 6) is 0. The molecular formula is C11H8N4. The summed E-state index contributed by atoms with van der Waals surface area (Å²) in [6.45, 7) is 0. The largest absolute Gasteiger partial charge is 0.339 e. The second-order valence-electron chi connectivity index (χ2n) is 3.32. The Morgan fingerprint density at radius 3 is 2.87 bits per heavy atom. The average Bonchev–Trinajstić information content (AvgIpc) is 2.42. The maximum Gasteiger partial charge on any atom is 0.243 e. The Kier molecular flexibility index (Phi) is 1.56. The Morgan fingerprint density at radius 2 is 1.93 bits per heavy atom. The van der Waals surface area contributed by atoms with Crippen LogP contribution in [-0.4, -0.2) is 15.0 Å². The summed E-state index contributed by atoms with van der Waals surface area (Å²) < 4.78 is 0. The number of hydrogen-bond donors (Lipinski definition) is 2. The van der Waals surface area contributed by atoms with Crippen LogP contribution in [0.5, 0.6) is 0 Å². The molecule has 2 N–H and O–H groups in total. The van der Waals surface area contributed by atoms with Gasteiger partial charge >= 0.3 is 0 Å². The van der Waals surface area contributed by atoms with Crippen LogP contribution in [-0.2, 0) is 0 Å². The molecule has 3 rings (SSSR count). The minimum atomic E-state index is 0.0402. The fraction of sp³-hybridized carbons (Fsp3) is 0. The van der Waals surface area contributed by atoms with E-state index in [-0.39, 0.29) is 5.62 Å². The molecule has 2 aromatic heterocycles. The second kappa shape index (κ2) is 2.88. The number of nitrogens with one attached hydrogen (secondary N) is 2. The van der Waals surface area contributed by atoms with Gasteiger partial charge < -0.3 is 4.98 Å². The summed E-state index contributed by atoms with van der Waals surface area (Å²) in [5, 5.41) is 9.38. The first-order valence-electron chi connectivity index (χ1n) is 4.63. The Balaban J connectivity index is 2.61. The van der Waals surface area contributed by atoms with Crippen molar-refractivity contribution in [1.29, 1.82) is 5.41 Å². The third kappa shape index (κ3) is 1.19. The van der Waals surface area contributed by atoms with Crippen LogP contribution in [0.2, 0.25) is 0 Å². The summed E-state index contributed by atoms with van der Waals surface area (Å²) in [5.41, 5.74) is 1.77. The van der Waals surface area contributed by atoms with Crippen LogP contribution >= 0.6 is 0 Å². The van der Waals surface area contributed by atoms with E-state index in [2.05, 4.69) is 15.0 Å². The van der Waals surface area contributed by atoms with E-state index in [9.17, 15) is 0 Å². The average molecular weight is 196 g/mol. The SMILES string of the molecule is N=c1ncc2c(n1)[nH]c1cccccc12. The van der Waals surface area contributed by atoms with Gasteiger partial charge in [0.1, 0.15) is 5.65 Å². The molecule has 0 saturated heterocycles. The van der Waals surface area contributed by atoms with E-state index in [1.807, 2.05) is 30.3 Å². The summed E-state index contributed by atoms with van der Waals surface area (Å²) in [7, 11) is 0. The number of rotatable bonds is 0. The molecule has 4 heteroatoms. The van der Waals surface area contributed by atoms with Gasteiger partial charge in [-0.05, 0) is 6.07 Å². The van der Waals surface area contributed by atoms with Crippen LogP contribution in [0.15, 0.2) is 36.5 Å². The first kappa shape index (κ1) is 8.11. The normalized spacial score (nSPS) is 10.9. The van der Waals surface area contributed by atoms with E-state index in [1.54, 1.807) is 6.20 Å². The Morgan fingerprint density at radius 1 is 1.07 bits per heavy atom. The highest BCUT2D eigenvalue weighted by molar-refractivity contribution is 6.04. The summed E-state index contributed by atoms with van der Waals surface area (Å²) >= 11 is 0. The van der Waals surface area contributed by atoms with E-state index in [0.29, 0.717) is 0 Å². The second-order valence-corrected chi connectivity index (χ2v) is 3.32. The zero-order valence-electron chi connectivity index (χ0n) is 7.86. The van der Waals surface area contributed by atoms with Crippen LogP contribution in [0.3, 0.4) is 0 Å². The number of H-pyrrole nitrogens is 1. The van der Waals surface area contributed by atoms with Crippen molar-refractivity contribution in [3.63, 3.8) is 0 Å². The molecule has 3 aromatic rings. The third-order valence-electron chi connectivity index (χ3n) is 2.37. The van der Waals surface area contributed by atoms with Crippen molar-refractivity contribution in [3.8, 4) is 0 Å². The van der Waals surface area contributed by atoms with Crippen molar-refractivity contribution in [2.45, 2.75) is 0 Å². The van der Waals surface area contributed by atoms with Gasteiger partial charge in [0.15, 0.2) is 0 Å². The molecule has 0 aliphatic carbocycles. The van der Waals surface area contributed by atoms with Gasteiger partial charge in [-0.25, -0.2) is 4.98 Å². The first-order valence-corrected chi connectivity index (χ1v) is 4.63. The van der Waals surface area contributed by atoms with Crippen molar-refractivity contribution in [3.05, 3.63) is 42.1 Å². The Labute approximate surface area is 85.1 Å². The molecule has 15 heavy (non-hydrogen) atoms. The highest BCUT2D eigenvalue weighted by Crippen LogP contribution is 2.20. The number of fused-ring (bicyclic) bond motifs is 3. The molecule has 1 aromatic carbocycles. The van der Waals surface area contributed by atoms with Crippen molar-refractivity contribution in [2.75, 3.05) is 0 Å². The molecule has 2 heterocycles. The molecule has 0 aliphatic heterocycles. The standard InChI is InChI=1S/C11H8N4/c12-11-13-6-8-7-4-2-1-3-5-9(7)14-10(8)15-11/h1-6H,(H2,12,13,14,15). The van der Waals surface area contributed by atoms with Gasteiger partial charge in [-0.3, -0.25) is 5.41 Å². The van der Waals surface area contributed by atoms with Crippen LogP contribution in [0.4, 0.5) is 0 Å². The predicted molar refractivity (Wildman–Crippen MR) is 57.2 cm³/mol. The monoisotopic (exact) mass is 196 g/mol. The van der Waals surface area contributed by atoms with Gasteiger partial charge in [-0.2, -0.15) is 4.98 Å². The lowest BCUT2D eigenvalue weighted by molar-refractivity contribution is 0.992. The molecule has 72 valence electrons. The zero-order valence-corrected chi connectivity index (χ0v) is 7.86. The molecule has 4 nitrogen and oxygen atoms in total. The maximum absolute atomic E-state index is 7.35. The Hall–Kier alpha value is -2.23. The van der Waals surface area contributed by atoms with Crippen LogP contribution in [0, 0.1) is 5.41 Å². The topological polar surface area (TPSA) is 65.4 Å². The number of nitrogens with zero attached hydrogens (tertiary/aromatic N) is 2. The lowest BCUT2D eigenvalue weighted by Gasteiger charge is -1.85. The van der Waals surface area contributed by atoms with Crippen LogP contribution in [0.1, 0.15) is 0 Å². The summed E-state index contributed by atoms with van der Waals surface area (Å²) in [6, 6.07) is 9.91. The van der Waals surface area contributed by atoms with Crippen LogP contribution in [0.25, 0.3) is 21.9 Å². The predicted octanol–water partition coefficient (Wildman–Crippen LogP) is 1.59. The van der Waals surface area contributed by atoms with Gasteiger partial charge in [0.05, 0.1) is 0 Å². The highest BCUT2D eigenvalue weighted by Gasteiger charge is 2.03. The fourth-order valence-corrected chi connectivity index (χ4v) is 1.69. The molecule has 0 radical (unpaired) electrons. The van der Waals surface area contributed by atoms with Gasteiger partial charge in [0.2, 0.25) is 5.62 Å². The lowest BCUT2D eigenvalue weighted by atomic mass is 10.3. The third-order valence-corrected chi connectivity index (χ3v) is 2.37. The fourth-order valence-electron chi connectivity index (χ4n) is 1.69. The molecule has 0 fully saturated rings. The lowest BCUT2D eigenvalue weighted by Crippen LogP contribution is -2.08. The van der Waals surface area contributed by atoms with Crippen molar-refractivity contribution in [2.24, 2.45) is 0 Å².